The van der Waals surface area contributed by atoms with E-state index in [1.807, 2.05) is 31.2 Å². The topological polar surface area (TPSA) is 45.6 Å². The van der Waals surface area contributed by atoms with Crippen LogP contribution in [0.25, 0.3) is 0 Å². The van der Waals surface area contributed by atoms with Gasteiger partial charge in [-0.1, -0.05) is 23.7 Å². The third-order valence-corrected chi connectivity index (χ3v) is 4.12. The van der Waals surface area contributed by atoms with Crippen molar-refractivity contribution in [3.63, 3.8) is 0 Å². The molecular formula is C16H21ClIN3OS. The second-order valence-electron chi connectivity index (χ2n) is 4.54. The fourth-order valence-electron chi connectivity index (χ4n) is 1.95. The van der Waals surface area contributed by atoms with Gasteiger partial charge < -0.3 is 15.4 Å². The number of hydrogen-bond donors (Lipinski definition) is 2. The molecule has 1 heterocycles. The van der Waals surface area contributed by atoms with Crippen molar-refractivity contribution in [1.29, 1.82) is 0 Å². The van der Waals surface area contributed by atoms with E-state index in [9.17, 15) is 0 Å². The average Bonchev–Trinajstić information content (AvgIpc) is 3.03. The Balaban J connectivity index is 0.00000264. The maximum Gasteiger partial charge on any atom is 0.191 e. The van der Waals surface area contributed by atoms with Gasteiger partial charge in [0.2, 0.25) is 0 Å². The summed E-state index contributed by atoms with van der Waals surface area (Å²) in [6.45, 7) is 3.95. The summed E-state index contributed by atoms with van der Waals surface area (Å²) in [5, 5.41) is 9.31. The zero-order valence-electron chi connectivity index (χ0n) is 13.1. The van der Waals surface area contributed by atoms with Gasteiger partial charge in [-0.3, -0.25) is 4.99 Å². The van der Waals surface area contributed by atoms with Crippen LogP contribution in [0, 0.1) is 0 Å². The minimum absolute atomic E-state index is 0. The Morgan fingerprint density at radius 3 is 2.70 bits per heavy atom. The van der Waals surface area contributed by atoms with Gasteiger partial charge >= 0.3 is 0 Å². The number of hydrogen-bond acceptors (Lipinski definition) is 3. The van der Waals surface area contributed by atoms with Gasteiger partial charge in [0.1, 0.15) is 5.75 Å². The number of nitrogens with one attached hydrogen (secondary N) is 2. The Morgan fingerprint density at radius 2 is 2.04 bits per heavy atom. The molecular weight excluding hydrogens is 445 g/mol. The summed E-state index contributed by atoms with van der Waals surface area (Å²) in [6, 6.07) is 9.80. The number of aliphatic imine (C=N–C) groups is 1. The molecule has 4 nitrogen and oxygen atoms in total. The number of benzene rings is 1. The number of nitrogens with zero attached hydrogens (tertiary/aromatic N) is 1. The third kappa shape index (κ3) is 6.56. The molecule has 2 aromatic rings. The first kappa shape index (κ1) is 20.1. The quantitative estimate of drug-likeness (QED) is 0.380. The predicted octanol–water partition coefficient (Wildman–Crippen LogP) is 4.28. The molecule has 1 aromatic carbocycles. The van der Waals surface area contributed by atoms with E-state index in [0.717, 1.165) is 23.8 Å². The highest BCUT2D eigenvalue weighted by Crippen LogP contribution is 2.23. The second kappa shape index (κ2) is 10.7. The summed E-state index contributed by atoms with van der Waals surface area (Å²) in [4.78, 5) is 5.50. The van der Waals surface area contributed by atoms with Gasteiger partial charge in [-0.25, -0.2) is 0 Å². The van der Waals surface area contributed by atoms with Gasteiger partial charge in [0.15, 0.2) is 5.96 Å². The van der Waals surface area contributed by atoms with E-state index < -0.39 is 0 Å². The number of thiophene rings is 1. The molecule has 126 valence electrons. The monoisotopic (exact) mass is 465 g/mol. The Bertz CT molecular complexity index is 620. The molecule has 0 aliphatic rings. The highest BCUT2D eigenvalue weighted by Gasteiger charge is 2.06. The first-order chi connectivity index (χ1) is 10.7. The fraction of sp³-hybridized carbons (Fsp3) is 0.312. The van der Waals surface area contributed by atoms with Gasteiger partial charge in [-0.15, -0.1) is 35.3 Å². The molecule has 0 radical (unpaired) electrons. The van der Waals surface area contributed by atoms with Crippen LogP contribution >= 0.6 is 46.9 Å². The zero-order valence-corrected chi connectivity index (χ0v) is 17.0. The number of guanidine groups is 1. The summed E-state index contributed by atoms with van der Waals surface area (Å²) in [6.07, 6.45) is 0. The molecule has 0 fully saturated rings. The van der Waals surface area contributed by atoms with Crippen LogP contribution in [-0.2, 0) is 13.1 Å². The van der Waals surface area contributed by atoms with E-state index in [1.54, 1.807) is 18.4 Å². The second-order valence-corrected chi connectivity index (χ2v) is 6.01. The van der Waals surface area contributed by atoms with Crippen LogP contribution in [0.3, 0.4) is 0 Å². The standard InChI is InChI=1S/C16H20ClN3OS.HI/c1-3-21-15-9-13(17)7-6-12(15)10-19-16(18-2)20-11-14-5-4-8-22-14;/h4-9H,3,10-11H2,1-2H3,(H2,18,19,20);1H. The third-order valence-electron chi connectivity index (χ3n) is 3.01. The molecule has 0 aliphatic heterocycles. The van der Waals surface area contributed by atoms with Crippen molar-refractivity contribution >= 4 is 52.9 Å². The van der Waals surface area contributed by atoms with E-state index in [-0.39, 0.29) is 24.0 Å². The van der Waals surface area contributed by atoms with E-state index in [1.165, 1.54) is 4.88 Å². The molecule has 0 spiro atoms. The van der Waals surface area contributed by atoms with Crippen LogP contribution in [0.2, 0.25) is 5.02 Å². The molecule has 0 bridgehead atoms. The summed E-state index contributed by atoms with van der Waals surface area (Å²) in [5.41, 5.74) is 1.05. The van der Waals surface area contributed by atoms with Crippen molar-refractivity contribution < 1.29 is 4.74 Å². The lowest BCUT2D eigenvalue weighted by Gasteiger charge is -2.14. The van der Waals surface area contributed by atoms with Crippen LogP contribution in [0.15, 0.2) is 40.7 Å². The maximum absolute atomic E-state index is 6.01. The van der Waals surface area contributed by atoms with Crippen molar-refractivity contribution in [2.45, 2.75) is 20.0 Å². The molecule has 1 aromatic heterocycles. The lowest BCUT2D eigenvalue weighted by molar-refractivity contribution is 0.336. The van der Waals surface area contributed by atoms with Crippen molar-refractivity contribution in [3.05, 3.63) is 51.2 Å². The molecule has 0 unspecified atom stereocenters. The Morgan fingerprint density at radius 1 is 1.26 bits per heavy atom. The summed E-state index contributed by atoms with van der Waals surface area (Å²) in [5.74, 6) is 1.56. The van der Waals surface area contributed by atoms with Crippen LogP contribution in [-0.4, -0.2) is 19.6 Å². The van der Waals surface area contributed by atoms with Crippen LogP contribution < -0.4 is 15.4 Å². The Hall–Kier alpha value is -0.990. The summed E-state index contributed by atoms with van der Waals surface area (Å²) >= 11 is 7.73. The molecule has 0 atom stereocenters. The van der Waals surface area contributed by atoms with Crippen molar-refractivity contribution in [1.82, 2.24) is 10.6 Å². The highest BCUT2D eigenvalue weighted by molar-refractivity contribution is 14.0. The maximum atomic E-state index is 6.01. The van der Waals surface area contributed by atoms with Gasteiger partial charge in [0.25, 0.3) is 0 Å². The van der Waals surface area contributed by atoms with E-state index >= 15 is 0 Å². The SMILES string of the molecule is CCOc1cc(Cl)ccc1CNC(=NC)NCc1cccs1.I. The lowest BCUT2D eigenvalue weighted by atomic mass is 10.2. The molecule has 7 heteroatoms. The Labute approximate surface area is 163 Å². The molecule has 23 heavy (non-hydrogen) atoms. The fourth-order valence-corrected chi connectivity index (χ4v) is 2.75. The lowest BCUT2D eigenvalue weighted by Crippen LogP contribution is -2.36. The van der Waals surface area contributed by atoms with E-state index in [0.29, 0.717) is 18.2 Å². The molecule has 0 amide bonds. The van der Waals surface area contributed by atoms with Gasteiger partial charge in [-0.2, -0.15) is 0 Å². The molecule has 2 rings (SSSR count). The van der Waals surface area contributed by atoms with Crippen molar-refractivity contribution in [3.8, 4) is 5.75 Å². The van der Waals surface area contributed by atoms with Crippen LogP contribution in [0.5, 0.6) is 5.75 Å². The van der Waals surface area contributed by atoms with Crippen LogP contribution in [0.1, 0.15) is 17.4 Å². The molecule has 0 saturated heterocycles. The Kier molecular flexibility index (Phi) is 9.35. The minimum Gasteiger partial charge on any atom is -0.493 e. The average molecular weight is 466 g/mol. The summed E-state index contributed by atoms with van der Waals surface area (Å²) in [7, 11) is 1.76. The first-order valence-electron chi connectivity index (χ1n) is 7.11. The zero-order chi connectivity index (χ0) is 15.8. The van der Waals surface area contributed by atoms with E-state index in [4.69, 9.17) is 16.3 Å². The van der Waals surface area contributed by atoms with Gasteiger partial charge in [0, 0.05) is 29.1 Å². The summed E-state index contributed by atoms with van der Waals surface area (Å²) < 4.78 is 5.62. The van der Waals surface area contributed by atoms with Crippen molar-refractivity contribution in [2.75, 3.05) is 13.7 Å². The van der Waals surface area contributed by atoms with Crippen LogP contribution in [0.4, 0.5) is 0 Å². The normalized spacial score (nSPS) is 10.8. The number of ether oxygens (including phenoxy) is 1. The first-order valence-corrected chi connectivity index (χ1v) is 8.36. The van der Waals surface area contributed by atoms with Gasteiger partial charge in [-0.05, 0) is 30.5 Å². The van der Waals surface area contributed by atoms with Crippen molar-refractivity contribution in [2.24, 2.45) is 4.99 Å². The number of halogens is 2. The van der Waals surface area contributed by atoms with Gasteiger partial charge in [0.05, 0.1) is 13.2 Å². The smallest absolute Gasteiger partial charge is 0.191 e. The highest BCUT2D eigenvalue weighted by atomic mass is 127. The molecule has 2 N–H and O–H groups in total. The minimum atomic E-state index is 0. The molecule has 0 saturated carbocycles. The number of rotatable bonds is 6. The van der Waals surface area contributed by atoms with E-state index in [2.05, 4.69) is 27.1 Å². The largest absolute Gasteiger partial charge is 0.493 e. The molecule has 0 aliphatic carbocycles. The predicted molar refractivity (Wildman–Crippen MR) is 109 cm³/mol.